The second-order valence-corrected chi connectivity index (χ2v) is 9.80. The van der Waals surface area contributed by atoms with Gasteiger partial charge < -0.3 is 10.2 Å². The van der Waals surface area contributed by atoms with E-state index in [1.54, 1.807) is 30.3 Å². The Kier molecular flexibility index (Phi) is 6.87. The molecule has 1 N–H and O–H groups in total. The number of benzene rings is 3. The number of hydrogen-bond acceptors (Lipinski definition) is 4. The minimum absolute atomic E-state index is 0.111. The molecule has 1 aliphatic heterocycles. The number of anilines is 2. The first-order valence-corrected chi connectivity index (χ1v) is 12.2. The highest BCUT2D eigenvalue weighted by Crippen LogP contribution is 2.23. The highest BCUT2D eigenvalue weighted by Gasteiger charge is 2.27. The van der Waals surface area contributed by atoms with Crippen molar-refractivity contribution in [1.82, 2.24) is 4.31 Å². The molecule has 0 aromatic heterocycles. The Morgan fingerprint density at radius 2 is 1.44 bits per heavy atom. The van der Waals surface area contributed by atoms with Crippen molar-refractivity contribution in [1.29, 1.82) is 0 Å². The fourth-order valence-electron chi connectivity index (χ4n) is 3.85. The Balaban J connectivity index is 1.49. The van der Waals surface area contributed by atoms with Gasteiger partial charge in [-0.2, -0.15) is 4.31 Å². The molecular formula is C25H27N3O3S. The zero-order valence-corrected chi connectivity index (χ0v) is 18.7. The number of carbonyl (C=O) groups excluding carboxylic acids is 1. The summed E-state index contributed by atoms with van der Waals surface area (Å²) in [5.74, 6) is -0.380. The van der Waals surface area contributed by atoms with Crippen LogP contribution in [0.4, 0.5) is 11.4 Å². The van der Waals surface area contributed by atoms with Gasteiger partial charge in [0.1, 0.15) is 0 Å². The van der Waals surface area contributed by atoms with E-state index in [0.29, 0.717) is 5.69 Å². The van der Waals surface area contributed by atoms with Crippen LogP contribution in [0, 0.1) is 0 Å². The van der Waals surface area contributed by atoms with Gasteiger partial charge in [0, 0.05) is 31.0 Å². The smallest absolute Gasteiger partial charge is 0.243 e. The fraction of sp³-hybridized carbons (Fsp3) is 0.240. The summed E-state index contributed by atoms with van der Waals surface area (Å²) in [5, 5.41) is 2.84. The van der Waals surface area contributed by atoms with Crippen LogP contribution in [0.5, 0.6) is 0 Å². The van der Waals surface area contributed by atoms with E-state index in [4.69, 9.17) is 0 Å². The van der Waals surface area contributed by atoms with Crippen molar-refractivity contribution in [2.45, 2.75) is 24.3 Å². The van der Waals surface area contributed by atoms with E-state index in [1.807, 2.05) is 54.6 Å². The first kappa shape index (κ1) is 22.0. The summed E-state index contributed by atoms with van der Waals surface area (Å²) in [4.78, 5) is 15.3. The van der Waals surface area contributed by atoms with E-state index in [-0.39, 0.29) is 23.9 Å². The van der Waals surface area contributed by atoms with Crippen LogP contribution in [0.3, 0.4) is 0 Å². The van der Waals surface area contributed by atoms with Crippen LogP contribution in [0.25, 0.3) is 0 Å². The van der Waals surface area contributed by atoms with Gasteiger partial charge >= 0.3 is 0 Å². The lowest BCUT2D eigenvalue weighted by Gasteiger charge is -2.22. The molecule has 32 heavy (non-hydrogen) atoms. The Labute approximate surface area is 189 Å². The van der Waals surface area contributed by atoms with Crippen LogP contribution < -0.4 is 10.2 Å². The average molecular weight is 450 g/mol. The third-order valence-electron chi connectivity index (χ3n) is 5.52. The van der Waals surface area contributed by atoms with Crippen LogP contribution in [-0.2, 0) is 21.4 Å². The lowest BCUT2D eigenvalue weighted by atomic mass is 10.2. The quantitative estimate of drug-likeness (QED) is 0.562. The maximum atomic E-state index is 13.3. The number of carbonyl (C=O) groups is 1. The molecule has 1 saturated heterocycles. The summed E-state index contributed by atoms with van der Waals surface area (Å²) in [6.07, 6.45) is 2.40. The highest BCUT2D eigenvalue weighted by molar-refractivity contribution is 7.89. The minimum atomic E-state index is -3.84. The monoisotopic (exact) mass is 449 g/mol. The SMILES string of the molecule is O=C(CN(Cc1ccccc1)S(=O)(=O)c1ccccc1)Nc1ccc(N2CCCC2)cc1. The topological polar surface area (TPSA) is 69.7 Å². The van der Waals surface area contributed by atoms with E-state index in [1.165, 1.54) is 17.1 Å². The van der Waals surface area contributed by atoms with Gasteiger partial charge in [-0.1, -0.05) is 48.5 Å². The molecule has 0 bridgehead atoms. The molecule has 1 aliphatic rings. The Morgan fingerprint density at radius 1 is 0.844 bits per heavy atom. The van der Waals surface area contributed by atoms with E-state index >= 15 is 0 Å². The number of nitrogens with zero attached hydrogens (tertiary/aromatic N) is 2. The van der Waals surface area contributed by atoms with Crippen molar-refractivity contribution < 1.29 is 13.2 Å². The Hall–Kier alpha value is -3.16. The Bertz CT molecular complexity index is 1130. The third kappa shape index (κ3) is 5.36. The van der Waals surface area contributed by atoms with E-state index in [2.05, 4.69) is 10.2 Å². The molecule has 0 aliphatic carbocycles. The van der Waals surface area contributed by atoms with Crippen LogP contribution >= 0.6 is 0 Å². The predicted molar refractivity (Wildman–Crippen MR) is 127 cm³/mol. The zero-order chi connectivity index (χ0) is 22.4. The van der Waals surface area contributed by atoms with Crippen LogP contribution in [-0.4, -0.2) is 38.3 Å². The largest absolute Gasteiger partial charge is 0.372 e. The summed E-state index contributed by atoms with van der Waals surface area (Å²) in [5.41, 5.74) is 2.60. The van der Waals surface area contributed by atoms with Gasteiger partial charge in [-0.3, -0.25) is 4.79 Å². The van der Waals surface area contributed by atoms with E-state index in [9.17, 15) is 13.2 Å². The maximum absolute atomic E-state index is 13.3. The molecule has 3 aromatic rings. The van der Waals surface area contributed by atoms with Crippen molar-refractivity contribution in [3.05, 3.63) is 90.5 Å². The normalized spacial score (nSPS) is 14.0. The molecule has 0 radical (unpaired) electrons. The van der Waals surface area contributed by atoms with Gasteiger partial charge in [0.15, 0.2) is 0 Å². The molecule has 0 unspecified atom stereocenters. The van der Waals surface area contributed by atoms with Crippen molar-refractivity contribution in [2.24, 2.45) is 0 Å². The second-order valence-electron chi connectivity index (χ2n) is 7.86. The molecule has 7 heteroatoms. The van der Waals surface area contributed by atoms with E-state index < -0.39 is 10.0 Å². The standard InChI is InChI=1S/C25H27N3O3S/c29-25(26-22-13-15-23(16-14-22)27-17-7-8-18-27)20-28(19-21-9-3-1-4-10-21)32(30,31)24-11-5-2-6-12-24/h1-6,9-16H,7-8,17-20H2,(H,26,29). The van der Waals surface area contributed by atoms with Gasteiger partial charge in [0.25, 0.3) is 0 Å². The first-order valence-electron chi connectivity index (χ1n) is 10.8. The molecule has 4 rings (SSSR count). The van der Waals surface area contributed by atoms with Gasteiger partial charge in [-0.15, -0.1) is 0 Å². The van der Waals surface area contributed by atoms with Gasteiger partial charge in [0.05, 0.1) is 11.4 Å². The summed E-state index contributed by atoms with van der Waals surface area (Å²) in [6.45, 7) is 1.94. The van der Waals surface area contributed by atoms with Crippen LogP contribution in [0.1, 0.15) is 18.4 Å². The molecule has 0 spiro atoms. The summed E-state index contributed by atoms with van der Waals surface area (Å²) in [7, 11) is -3.84. The molecule has 3 aromatic carbocycles. The van der Waals surface area contributed by atoms with Crippen molar-refractivity contribution in [3.8, 4) is 0 Å². The van der Waals surface area contributed by atoms with Crippen LogP contribution in [0.15, 0.2) is 89.8 Å². The van der Waals surface area contributed by atoms with Crippen LogP contribution in [0.2, 0.25) is 0 Å². The second kappa shape index (κ2) is 9.97. The number of sulfonamides is 1. The molecule has 166 valence electrons. The first-order chi connectivity index (χ1) is 15.5. The average Bonchev–Trinajstić information content (AvgIpc) is 3.35. The van der Waals surface area contributed by atoms with Gasteiger partial charge in [0.2, 0.25) is 15.9 Å². The predicted octanol–water partition coefficient (Wildman–Crippen LogP) is 4.12. The maximum Gasteiger partial charge on any atom is 0.243 e. The lowest BCUT2D eigenvalue weighted by Crippen LogP contribution is -2.37. The van der Waals surface area contributed by atoms with Crippen molar-refractivity contribution >= 4 is 27.3 Å². The zero-order valence-electron chi connectivity index (χ0n) is 17.9. The summed E-state index contributed by atoms with van der Waals surface area (Å²) < 4.78 is 27.7. The Morgan fingerprint density at radius 3 is 2.06 bits per heavy atom. The molecule has 0 saturated carbocycles. The number of rotatable bonds is 8. The highest BCUT2D eigenvalue weighted by atomic mass is 32.2. The number of nitrogens with one attached hydrogen (secondary N) is 1. The van der Waals surface area contributed by atoms with Gasteiger partial charge in [-0.05, 0) is 54.8 Å². The number of amides is 1. The molecule has 1 amide bonds. The molecule has 1 heterocycles. The molecule has 6 nitrogen and oxygen atoms in total. The molecular weight excluding hydrogens is 422 g/mol. The van der Waals surface area contributed by atoms with Gasteiger partial charge in [-0.25, -0.2) is 8.42 Å². The molecule has 1 fully saturated rings. The lowest BCUT2D eigenvalue weighted by molar-refractivity contribution is -0.116. The van der Waals surface area contributed by atoms with E-state index in [0.717, 1.165) is 24.3 Å². The van der Waals surface area contributed by atoms with Crippen molar-refractivity contribution in [3.63, 3.8) is 0 Å². The summed E-state index contributed by atoms with van der Waals surface area (Å²) >= 11 is 0. The number of hydrogen-bond donors (Lipinski definition) is 1. The third-order valence-corrected chi connectivity index (χ3v) is 7.33. The van der Waals surface area contributed by atoms with Crippen molar-refractivity contribution in [2.75, 3.05) is 29.9 Å². The fourth-order valence-corrected chi connectivity index (χ4v) is 5.25. The summed E-state index contributed by atoms with van der Waals surface area (Å²) in [6, 6.07) is 25.2. The minimum Gasteiger partial charge on any atom is -0.372 e. The molecule has 0 atom stereocenters.